The zero-order valence-corrected chi connectivity index (χ0v) is 29.7. The molecule has 0 saturated carbocycles. The summed E-state index contributed by atoms with van der Waals surface area (Å²) in [6.45, 7) is 11.8. The lowest BCUT2D eigenvalue weighted by atomic mass is 9.73. The number of hydrogen-bond donors (Lipinski definition) is 3. The minimum absolute atomic E-state index is 0.0159. The highest BCUT2D eigenvalue weighted by atomic mass is 16.6. The summed E-state index contributed by atoms with van der Waals surface area (Å²) in [5, 5.41) is 31.5. The third-order valence-electron chi connectivity index (χ3n) is 9.53. The van der Waals surface area contributed by atoms with Gasteiger partial charge >= 0.3 is 11.9 Å². The van der Waals surface area contributed by atoms with Gasteiger partial charge in [-0.3, -0.25) is 0 Å². The molecule has 272 valence electrons. The number of aliphatic hydroxyl groups is 3. The summed E-state index contributed by atoms with van der Waals surface area (Å²) in [5.74, 6) is -0.714. The molecular weight excluding hydrogens is 624 g/mol. The largest absolute Gasteiger partial charge is 0.459 e. The first-order valence-electron chi connectivity index (χ1n) is 17.7. The van der Waals surface area contributed by atoms with Gasteiger partial charge in [0.1, 0.15) is 12.7 Å². The van der Waals surface area contributed by atoms with Crippen LogP contribution in [-0.4, -0.2) is 83.2 Å². The van der Waals surface area contributed by atoms with E-state index >= 15 is 0 Å². The van der Waals surface area contributed by atoms with E-state index in [-0.39, 0.29) is 43.9 Å². The smallest absolute Gasteiger partial charge is 0.335 e. The summed E-state index contributed by atoms with van der Waals surface area (Å²) in [6.07, 6.45) is 22.7. The van der Waals surface area contributed by atoms with Crippen LogP contribution in [0.1, 0.15) is 79.1 Å². The van der Waals surface area contributed by atoms with Gasteiger partial charge in [0.25, 0.3) is 0 Å². The zero-order valence-electron chi connectivity index (χ0n) is 29.7. The molecule has 9 unspecified atom stereocenters. The van der Waals surface area contributed by atoms with E-state index in [4.69, 9.17) is 18.9 Å². The van der Waals surface area contributed by atoms with Crippen LogP contribution in [0.25, 0.3) is 0 Å². The second kappa shape index (κ2) is 20.6. The number of allylic oxidation sites excluding steroid dienone is 6. The molecule has 0 aromatic carbocycles. The summed E-state index contributed by atoms with van der Waals surface area (Å²) in [7, 11) is 0. The highest BCUT2D eigenvalue weighted by Crippen LogP contribution is 2.41. The Kier molecular flexibility index (Phi) is 16.9. The van der Waals surface area contributed by atoms with Crippen LogP contribution in [0.4, 0.5) is 0 Å². The molecule has 0 radical (unpaired) electrons. The minimum Gasteiger partial charge on any atom is -0.459 e. The Morgan fingerprint density at radius 2 is 1.88 bits per heavy atom. The minimum atomic E-state index is -1.31. The van der Waals surface area contributed by atoms with Crippen LogP contribution in [-0.2, 0) is 28.5 Å². The van der Waals surface area contributed by atoms with E-state index in [0.29, 0.717) is 38.0 Å². The van der Waals surface area contributed by atoms with Crippen molar-refractivity contribution < 1.29 is 43.9 Å². The summed E-state index contributed by atoms with van der Waals surface area (Å²) in [5.41, 5.74) is -0.0919. The molecule has 3 aliphatic heterocycles. The summed E-state index contributed by atoms with van der Waals surface area (Å²) in [4.78, 5) is 25.2. The average Bonchev–Trinajstić information content (AvgIpc) is 3.06. The molecule has 9 heteroatoms. The maximum Gasteiger partial charge on any atom is 0.335 e. The molecule has 3 heterocycles. The second-order valence-corrected chi connectivity index (χ2v) is 14.1. The van der Waals surface area contributed by atoms with Gasteiger partial charge < -0.3 is 34.3 Å². The molecule has 0 aromatic rings. The topological polar surface area (TPSA) is 132 Å². The molecule has 0 aromatic heterocycles. The van der Waals surface area contributed by atoms with Gasteiger partial charge in [-0.2, -0.15) is 0 Å². The number of carbonyl (C=O) groups is 2. The standard InChI is InChI=1S/C40H58O9/c1-28(2)22-23-29(3)26-46-39(45)33(42)18-14-15-20-36-40(5,27-41)37-25-32(48-36)17-10-7-6-8-12-19-35-30(4)34(43)24-31(47-35)16-11-9-13-21-38(44)49-37/h6,8-15,17,19,21,28,30-37,41-43H,3,7,16,18,20,22-27H2,1-2,4-5H3/b8-6+,11-9+,15-14+,17-10-,19-12-,21-13+. The van der Waals surface area contributed by atoms with Crippen LogP contribution in [0.3, 0.4) is 0 Å². The van der Waals surface area contributed by atoms with E-state index in [0.717, 1.165) is 18.4 Å². The Labute approximate surface area is 292 Å². The fourth-order valence-corrected chi connectivity index (χ4v) is 6.06. The molecule has 4 bridgehead atoms. The highest BCUT2D eigenvalue weighted by Gasteiger charge is 2.49. The maximum atomic E-state index is 12.9. The summed E-state index contributed by atoms with van der Waals surface area (Å²) < 4.78 is 23.8. The highest BCUT2D eigenvalue weighted by molar-refractivity contribution is 5.82. The number of esters is 2. The Balaban J connectivity index is 1.68. The number of ether oxygens (including phenoxy) is 4. The normalized spacial score (nSPS) is 35.1. The van der Waals surface area contributed by atoms with Gasteiger partial charge in [0.2, 0.25) is 0 Å². The molecule has 49 heavy (non-hydrogen) atoms. The fraction of sp³-hybridized carbons (Fsp3) is 0.600. The van der Waals surface area contributed by atoms with Gasteiger partial charge in [-0.15, -0.1) is 0 Å². The van der Waals surface area contributed by atoms with Crippen molar-refractivity contribution in [2.24, 2.45) is 17.3 Å². The van der Waals surface area contributed by atoms with E-state index in [1.54, 1.807) is 18.2 Å². The predicted molar refractivity (Wildman–Crippen MR) is 190 cm³/mol. The lowest BCUT2D eigenvalue weighted by molar-refractivity contribution is -0.198. The fourth-order valence-electron chi connectivity index (χ4n) is 6.06. The Morgan fingerprint density at radius 1 is 1.10 bits per heavy atom. The first-order chi connectivity index (χ1) is 23.4. The van der Waals surface area contributed by atoms with E-state index < -0.39 is 41.8 Å². The summed E-state index contributed by atoms with van der Waals surface area (Å²) in [6, 6.07) is 0. The van der Waals surface area contributed by atoms with Gasteiger partial charge in [-0.1, -0.05) is 101 Å². The number of fused-ring (bicyclic) bond motifs is 4. The number of carbonyl (C=O) groups excluding carboxylic acids is 2. The van der Waals surface area contributed by atoms with Crippen LogP contribution >= 0.6 is 0 Å². The second-order valence-electron chi connectivity index (χ2n) is 14.1. The third kappa shape index (κ3) is 13.3. The van der Waals surface area contributed by atoms with E-state index in [1.165, 1.54) is 6.08 Å². The van der Waals surface area contributed by atoms with Gasteiger partial charge in [-0.05, 0) is 43.6 Å². The van der Waals surface area contributed by atoms with Gasteiger partial charge in [0, 0.05) is 31.3 Å². The number of hydrogen-bond acceptors (Lipinski definition) is 9. The zero-order chi connectivity index (χ0) is 35.8. The van der Waals surface area contributed by atoms with Crippen LogP contribution in [0.2, 0.25) is 0 Å². The molecule has 0 spiro atoms. The summed E-state index contributed by atoms with van der Waals surface area (Å²) >= 11 is 0. The molecule has 3 aliphatic rings. The molecule has 2 fully saturated rings. The lowest BCUT2D eigenvalue weighted by Gasteiger charge is -2.47. The van der Waals surface area contributed by atoms with Gasteiger partial charge in [0.15, 0.2) is 6.10 Å². The van der Waals surface area contributed by atoms with Crippen molar-refractivity contribution in [3.8, 4) is 0 Å². The van der Waals surface area contributed by atoms with Crippen molar-refractivity contribution in [3.63, 3.8) is 0 Å². The van der Waals surface area contributed by atoms with Crippen molar-refractivity contribution in [2.75, 3.05) is 13.2 Å². The molecule has 9 atom stereocenters. The Morgan fingerprint density at radius 3 is 2.63 bits per heavy atom. The molecular formula is C40H58O9. The van der Waals surface area contributed by atoms with Crippen LogP contribution in [0.15, 0.2) is 85.1 Å². The molecule has 0 aliphatic carbocycles. The number of aliphatic hydroxyl groups excluding tert-OH is 3. The van der Waals surface area contributed by atoms with Crippen molar-refractivity contribution in [3.05, 3.63) is 85.1 Å². The van der Waals surface area contributed by atoms with Gasteiger partial charge in [-0.25, -0.2) is 9.59 Å². The first kappa shape index (κ1) is 40.4. The van der Waals surface area contributed by atoms with E-state index in [1.807, 2.05) is 62.5 Å². The maximum absolute atomic E-state index is 12.9. The van der Waals surface area contributed by atoms with Crippen LogP contribution in [0, 0.1) is 17.3 Å². The lowest BCUT2D eigenvalue weighted by Crippen LogP contribution is -2.55. The van der Waals surface area contributed by atoms with Crippen molar-refractivity contribution >= 4 is 11.9 Å². The molecule has 3 rings (SSSR count). The third-order valence-corrected chi connectivity index (χ3v) is 9.53. The monoisotopic (exact) mass is 682 g/mol. The average molecular weight is 683 g/mol. The SMILES string of the molecule is C=C(CCC(C)C)COC(=O)C(O)C/C=C/CC1OC2/C=C\C/C=C/C=C\C3OC(C/C=C/C=C/C(=O)OC(C2)C1(C)CO)CC(O)C3C. The Hall–Kier alpha value is -3.08. The van der Waals surface area contributed by atoms with Crippen molar-refractivity contribution in [1.82, 2.24) is 0 Å². The first-order valence-corrected chi connectivity index (χ1v) is 17.7. The van der Waals surface area contributed by atoms with Gasteiger partial charge in [0.05, 0.1) is 42.5 Å². The number of rotatable bonds is 11. The van der Waals surface area contributed by atoms with E-state index in [2.05, 4.69) is 20.4 Å². The predicted octanol–water partition coefficient (Wildman–Crippen LogP) is 6.02. The molecule has 0 amide bonds. The van der Waals surface area contributed by atoms with Crippen LogP contribution in [0.5, 0.6) is 0 Å². The van der Waals surface area contributed by atoms with E-state index in [9.17, 15) is 24.9 Å². The van der Waals surface area contributed by atoms with Crippen LogP contribution < -0.4 is 0 Å². The molecule has 9 nitrogen and oxygen atoms in total. The Bertz CT molecular complexity index is 1240. The van der Waals surface area contributed by atoms with Crippen molar-refractivity contribution in [1.29, 1.82) is 0 Å². The molecule has 2 saturated heterocycles. The quantitative estimate of drug-likeness (QED) is 0.177. The van der Waals surface area contributed by atoms with Crippen molar-refractivity contribution in [2.45, 2.75) is 122 Å². The molecule has 3 N–H and O–H groups in total.